The Labute approximate surface area is 110 Å². The number of aliphatic imine (C=N–C) groups is 1. The van der Waals surface area contributed by atoms with Crippen molar-refractivity contribution in [3.05, 3.63) is 0 Å². The van der Waals surface area contributed by atoms with Gasteiger partial charge in [-0.15, -0.1) is 0 Å². The van der Waals surface area contributed by atoms with E-state index in [1.165, 1.54) is 43.0 Å². The zero-order chi connectivity index (χ0) is 12.3. The van der Waals surface area contributed by atoms with E-state index in [0.29, 0.717) is 12.1 Å². The van der Waals surface area contributed by atoms with E-state index in [2.05, 4.69) is 26.1 Å². The van der Waals surface area contributed by atoms with E-state index < -0.39 is 0 Å². The van der Waals surface area contributed by atoms with Crippen LogP contribution in [0.4, 0.5) is 0 Å². The highest BCUT2D eigenvalue weighted by molar-refractivity contribution is 8.13. The van der Waals surface area contributed by atoms with Crippen molar-refractivity contribution < 1.29 is 0 Å². The summed E-state index contributed by atoms with van der Waals surface area (Å²) in [4.78, 5) is 4.81. The van der Waals surface area contributed by atoms with Crippen LogP contribution >= 0.6 is 11.8 Å². The fraction of sp³-hybridized carbons (Fsp3) is 0.929. The Morgan fingerprint density at radius 1 is 1.24 bits per heavy atom. The molecule has 0 saturated heterocycles. The molecule has 3 atom stereocenters. The number of amidine groups is 1. The number of hydrogen-bond acceptors (Lipinski definition) is 3. The molecule has 98 valence electrons. The summed E-state index contributed by atoms with van der Waals surface area (Å²) < 4.78 is 0. The zero-order valence-corrected chi connectivity index (χ0v) is 12.2. The van der Waals surface area contributed by atoms with E-state index in [9.17, 15) is 0 Å². The molecule has 0 amide bonds. The molecule has 2 aliphatic rings. The number of nitrogens with zero attached hydrogens (tertiary/aromatic N) is 1. The largest absolute Gasteiger partial charge is 0.362 e. The smallest absolute Gasteiger partial charge is 0.157 e. The molecule has 0 bridgehead atoms. The standard InChI is InChI=1S/C14H26N2S/c1-4-12-5-6-17-14(15-12)16-13-8-10(2)7-11(3)9-13/h10-13H,4-9H2,1-3H3,(H,15,16). The molecule has 0 aromatic rings. The maximum atomic E-state index is 4.81. The van der Waals surface area contributed by atoms with Crippen LogP contribution in [0.3, 0.4) is 0 Å². The van der Waals surface area contributed by atoms with Gasteiger partial charge < -0.3 is 5.32 Å². The summed E-state index contributed by atoms with van der Waals surface area (Å²) in [6.07, 6.45) is 6.48. The van der Waals surface area contributed by atoms with Crippen molar-refractivity contribution in [1.82, 2.24) is 5.32 Å². The molecule has 1 saturated carbocycles. The van der Waals surface area contributed by atoms with Crippen molar-refractivity contribution in [2.24, 2.45) is 16.8 Å². The van der Waals surface area contributed by atoms with Gasteiger partial charge in [-0.2, -0.15) is 0 Å². The Hall–Kier alpha value is -0.180. The van der Waals surface area contributed by atoms with Crippen LogP contribution in [0.1, 0.15) is 52.9 Å². The first-order valence-corrected chi connectivity index (χ1v) is 8.13. The second-order valence-corrected chi connectivity index (χ2v) is 6.98. The van der Waals surface area contributed by atoms with Crippen LogP contribution in [0.2, 0.25) is 0 Å². The summed E-state index contributed by atoms with van der Waals surface area (Å²) in [5.74, 6) is 2.97. The first-order valence-electron chi connectivity index (χ1n) is 7.14. The molecule has 1 aliphatic heterocycles. The van der Waals surface area contributed by atoms with Gasteiger partial charge in [0, 0.05) is 11.8 Å². The molecule has 0 spiro atoms. The summed E-state index contributed by atoms with van der Waals surface area (Å²) in [7, 11) is 0. The summed E-state index contributed by atoms with van der Waals surface area (Å²) in [6.45, 7) is 7.01. The number of thioether (sulfide) groups is 1. The zero-order valence-electron chi connectivity index (χ0n) is 11.4. The maximum absolute atomic E-state index is 4.81. The Morgan fingerprint density at radius 3 is 2.59 bits per heavy atom. The van der Waals surface area contributed by atoms with Gasteiger partial charge in [-0.1, -0.05) is 32.5 Å². The lowest BCUT2D eigenvalue weighted by atomic mass is 9.80. The van der Waals surface area contributed by atoms with Gasteiger partial charge >= 0.3 is 0 Å². The minimum absolute atomic E-state index is 0.567. The molecule has 0 radical (unpaired) electrons. The normalized spacial score (nSPS) is 38.6. The molecule has 2 rings (SSSR count). The highest BCUT2D eigenvalue weighted by atomic mass is 32.2. The van der Waals surface area contributed by atoms with E-state index in [1.807, 2.05) is 11.8 Å². The molecule has 1 aliphatic carbocycles. The fourth-order valence-electron chi connectivity index (χ4n) is 3.17. The molecular formula is C14H26N2S. The fourth-order valence-corrected chi connectivity index (χ4v) is 4.23. The lowest BCUT2D eigenvalue weighted by Gasteiger charge is -2.33. The van der Waals surface area contributed by atoms with Gasteiger partial charge in [0.1, 0.15) is 0 Å². The van der Waals surface area contributed by atoms with Gasteiger partial charge in [-0.25, -0.2) is 0 Å². The first kappa shape index (κ1) is 13.3. The summed E-state index contributed by atoms with van der Waals surface area (Å²) >= 11 is 1.92. The molecule has 3 heteroatoms. The van der Waals surface area contributed by atoms with E-state index in [-0.39, 0.29) is 0 Å². The number of rotatable bonds is 2. The van der Waals surface area contributed by atoms with Gasteiger partial charge in [-0.3, -0.25) is 4.99 Å². The van der Waals surface area contributed by atoms with Crippen LogP contribution in [0.15, 0.2) is 4.99 Å². The summed E-state index contributed by atoms with van der Waals surface area (Å²) in [5.41, 5.74) is 0. The molecule has 3 unspecified atom stereocenters. The molecule has 17 heavy (non-hydrogen) atoms. The quantitative estimate of drug-likeness (QED) is 0.813. The van der Waals surface area contributed by atoms with E-state index in [4.69, 9.17) is 4.99 Å². The van der Waals surface area contributed by atoms with E-state index in [0.717, 1.165) is 11.8 Å². The third kappa shape index (κ3) is 3.90. The van der Waals surface area contributed by atoms with Gasteiger partial charge in [0.25, 0.3) is 0 Å². The Balaban J connectivity index is 1.89. The van der Waals surface area contributed by atoms with Crippen molar-refractivity contribution in [1.29, 1.82) is 0 Å². The van der Waals surface area contributed by atoms with Crippen LogP contribution in [0, 0.1) is 11.8 Å². The van der Waals surface area contributed by atoms with Crippen LogP contribution in [-0.2, 0) is 0 Å². The third-order valence-electron chi connectivity index (χ3n) is 3.97. The Kier molecular flexibility index (Phi) is 4.78. The molecule has 1 N–H and O–H groups in total. The molecule has 1 heterocycles. The predicted octanol–water partition coefficient (Wildman–Crippen LogP) is 3.67. The Morgan fingerprint density at radius 2 is 1.94 bits per heavy atom. The number of hydrogen-bond donors (Lipinski definition) is 1. The highest BCUT2D eigenvalue weighted by Gasteiger charge is 2.25. The molecule has 2 nitrogen and oxygen atoms in total. The molecule has 0 aromatic heterocycles. The monoisotopic (exact) mass is 254 g/mol. The second-order valence-electron chi connectivity index (χ2n) is 5.89. The minimum atomic E-state index is 0.567. The minimum Gasteiger partial charge on any atom is -0.362 e. The SMILES string of the molecule is CCC1CCSC(NC2CC(C)CC(C)C2)=N1. The molecule has 0 aromatic carbocycles. The second kappa shape index (κ2) is 6.12. The van der Waals surface area contributed by atoms with Crippen LogP contribution in [0.25, 0.3) is 0 Å². The average Bonchev–Trinajstić information content (AvgIpc) is 2.28. The maximum Gasteiger partial charge on any atom is 0.157 e. The van der Waals surface area contributed by atoms with Crippen LogP contribution < -0.4 is 5.32 Å². The lowest BCUT2D eigenvalue weighted by molar-refractivity contribution is 0.256. The van der Waals surface area contributed by atoms with Crippen molar-refractivity contribution in [2.75, 3.05) is 5.75 Å². The van der Waals surface area contributed by atoms with E-state index >= 15 is 0 Å². The van der Waals surface area contributed by atoms with Gasteiger partial charge in [0.15, 0.2) is 5.17 Å². The topological polar surface area (TPSA) is 24.4 Å². The van der Waals surface area contributed by atoms with E-state index in [1.54, 1.807) is 0 Å². The van der Waals surface area contributed by atoms with Crippen LogP contribution in [0.5, 0.6) is 0 Å². The summed E-state index contributed by atoms with van der Waals surface area (Å²) in [5, 5.41) is 4.91. The predicted molar refractivity (Wildman–Crippen MR) is 77.7 cm³/mol. The molecular weight excluding hydrogens is 228 g/mol. The average molecular weight is 254 g/mol. The highest BCUT2D eigenvalue weighted by Crippen LogP contribution is 2.29. The Bertz CT molecular complexity index is 267. The van der Waals surface area contributed by atoms with Crippen molar-refractivity contribution in [2.45, 2.75) is 65.0 Å². The molecule has 1 fully saturated rings. The first-order chi connectivity index (χ1) is 8.17. The van der Waals surface area contributed by atoms with Gasteiger partial charge in [0.2, 0.25) is 0 Å². The lowest BCUT2D eigenvalue weighted by Crippen LogP contribution is -2.40. The van der Waals surface area contributed by atoms with Crippen LogP contribution in [-0.4, -0.2) is 23.0 Å². The van der Waals surface area contributed by atoms with Gasteiger partial charge in [0.05, 0.1) is 6.04 Å². The van der Waals surface area contributed by atoms with Gasteiger partial charge in [-0.05, 0) is 43.9 Å². The number of nitrogens with one attached hydrogen (secondary N) is 1. The van der Waals surface area contributed by atoms with Crippen molar-refractivity contribution in [3.63, 3.8) is 0 Å². The third-order valence-corrected chi connectivity index (χ3v) is 4.90. The van der Waals surface area contributed by atoms with Crippen molar-refractivity contribution >= 4 is 16.9 Å². The van der Waals surface area contributed by atoms with Crippen molar-refractivity contribution in [3.8, 4) is 0 Å². The summed E-state index contributed by atoms with van der Waals surface area (Å²) in [6, 6.07) is 1.23.